The van der Waals surface area contributed by atoms with Gasteiger partial charge in [0.2, 0.25) is 0 Å². The van der Waals surface area contributed by atoms with E-state index in [1.54, 1.807) is 6.07 Å². The second-order valence-electron chi connectivity index (χ2n) is 3.24. The third-order valence-corrected chi connectivity index (χ3v) is 3.02. The van der Waals surface area contributed by atoms with Gasteiger partial charge in [0.15, 0.2) is 5.82 Å². The van der Waals surface area contributed by atoms with Crippen molar-refractivity contribution in [1.82, 2.24) is 10.1 Å². The van der Waals surface area contributed by atoms with Gasteiger partial charge in [0, 0.05) is 13.0 Å². The normalized spacial score (nSPS) is 10.4. The smallest absolute Gasteiger partial charge is 0.269 e. The molecule has 0 aromatic carbocycles. The zero-order valence-electron chi connectivity index (χ0n) is 9.34. The minimum atomic E-state index is 0.406. The topological polar surface area (TPSA) is 71.9 Å². The molecule has 0 unspecified atom stereocenters. The van der Waals surface area contributed by atoms with Crippen LogP contribution in [0.5, 0.6) is 0 Å². The molecular formula is C11H11N3O2S. The van der Waals surface area contributed by atoms with Gasteiger partial charge in [-0.15, -0.1) is 11.3 Å². The monoisotopic (exact) mass is 249 g/mol. The highest BCUT2D eigenvalue weighted by atomic mass is 32.1. The van der Waals surface area contributed by atoms with E-state index in [1.165, 1.54) is 11.3 Å². The van der Waals surface area contributed by atoms with Gasteiger partial charge in [-0.05, 0) is 18.4 Å². The Morgan fingerprint density at radius 3 is 3.24 bits per heavy atom. The summed E-state index contributed by atoms with van der Waals surface area (Å²) in [5, 5.41) is 14.6. The van der Waals surface area contributed by atoms with Crippen LogP contribution in [0.15, 0.2) is 16.0 Å². The first-order valence-corrected chi connectivity index (χ1v) is 6.11. The molecule has 5 nitrogen and oxygen atoms in total. The highest BCUT2D eigenvalue weighted by Gasteiger charge is 2.14. The molecule has 0 spiro atoms. The van der Waals surface area contributed by atoms with Crippen molar-refractivity contribution in [3.05, 3.63) is 22.8 Å². The fourth-order valence-corrected chi connectivity index (χ4v) is 2.08. The summed E-state index contributed by atoms with van der Waals surface area (Å²) in [7, 11) is 0. The van der Waals surface area contributed by atoms with Gasteiger partial charge in [-0.3, -0.25) is 0 Å². The van der Waals surface area contributed by atoms with E-state index >= 15 is 0 Å². The average Bonchev–Trinajstić information content (AvgIpc) is 2.96. The molecule has 6 heteroatoms. The molecule has 0 fully saturated rings. The van der Waals surface area contributed by atoms with Crippen molar-refractivity contribution in [2.45, 2.75) is 13.3 Å². The lowest BCUT2D eigenvalue weighted by molar-refractivity contribution is 0.149. The highest BCUT2D eigenvalue weighted by Crippen LogP contribution is 2.27. The molecule has 0 aliphatic carbocycles. The van der Waals surface area contributed by atoms with Crippen LogP contribution in [0.2, 0.25) is 0 Å². The molecule has 2 rings (SSSR count). The molecule has 2 aromatic rings. The molecule has 0 saturated heterocycles. The minimum absolute atomic E-state index is 0.406. The van der Waals surface area contributed by atoms with E-state index in [1.807, 2.05) is 12.3 Å². The average molecular weight is 249 g/mol. The quantitative estimate of drug-likeness (QED) is 0.760. The number of hydrogen-bond donors (Lipinski definition) is 0. The van der Waals surface area contributed by atoms with Crippen molar-refractivity contribution in [3.8, 4) is 16.8 Å². The van der Waals surface area contributed by atoms with Crippen molar-refractivity contribution < 1.29 is 9.26 Å². The second-order valence-corrected chi connectivity index (χ2v) is 4.15. The fourth-order valence-electron chi connectivity index (χ4n) is 1.32. The lowest BCUT2D eigenvalue weighted by Crippen LogP contribution is -1.99. The van der Waals surface area contributed by atoms with Gasteiger partial charge in [-0.25, -0.2) is 0 Å². The first kappa shape index (κ1) is 11.8. The van der Waals surface area contributed by atoms with Crippen molar-refractivity contribution in [3.63, 3.8) is 0 Å². The first-order valence-electron chi connectivity index (χ1n) is 5.23. The molecule has 0 bridgehead atoms. The molecule has 0 amide bonds. The lowest BCUT2D eigenvalue weighted by Gasteiger charge is -1.94. The van der Waals surface area contributed by atoms with E-state index in [9.17, 15) is 0 Å². The maximum Gasteiger partial charge on any atom is 0.269 e. The lowest BCUT2D eigenvalue weighted by atomic mass is 10.3. The summed E-state index contributed by atoms with van der Waals surface area (Å²) in [6.07, 6.45) is 0.616. The summed E-state index contributed by atoms with van der Waals surface area (Å²) >= 11 is 1.42. The van der Waals surface area contributed by atoms with E-state index in [4.69, 9.17) is 14.5 Å². The van der Waals surface area contributed by atoms with Gasteiger partial charge in [-0.2, -0.15) is 10.2 Å². The standard InChI is InChI=1S/C11H11N3O2S/c1-2-15-5-3-9-13-11(16-14-9)10-8(7-12)4-6-17-10/h4,6H,2-3,5H2,1H3. The Morgan fingerprint density at radius 2 is 2.47 bits per heavy atom. The summed E-state index contributed by atoms with van der Waals surface area (Å²) < 4.78 is 10.3. The number of ether oxygens (including phenoxy) is 1. The van der Waals surface area contributed by atoms with Gasteiger partial charge < -0.3 is 9.26 Å². The number of aromatic nitrogens is 2. The summed E-state index contributed by atoms with van der Waals surface area (Å²) in [6.45, 7) is 3.19. The number of nitriles is 1. The minimum Gasteiger partial charge on any atom is -0.381 e. The van der Waals surface area contributed by atoms with Crippen LogP contribution < -0.4 is 0 Å². The Bertz CT molecular complexity index is 527. The molecule has 2 aromatic heterocycles. The molecule has 0 saturated carbocycles. The molecule has 0 aliphatic heterocycles. The zero-order valence-corrected chi connectivity index (χ0v) is 10.2. The van der Waals surface area contributed by atoms with Gasteiger partial charge >= 0.3 is 0 Å². The molecule has 88 valence electrons. The van der Waals surface area contributed by atoms with Crippen LogP contribution in [0.1, 0.15) is 18.3 Å². The third-order valence-electron chi connectivity index (χ3n) is 2.12. The van der Waals surface area contributed by atoms with E-state index < -0.39 is 0 Å². The molecule has 2 heterocycles. The van der Waals surface area contributed by atoms with E-state index in [0.29, 0.717) is 36.9 Å². The predicted octanol–water partition coefficient (Wildman–Crippen LogP) is 2.25. The van der Waals surface area contributed by atoms with Crippen LogP contribution in [0.3, 0.4) is 0 Å². The van der Waals surface area contributed by atoms with Crippen LogP contribution in [-0.2, 0) is 11.2 Å². The fraction of sp³-hybridized carbons (Fsp3) is 0.364. The third kappa shape index (κ3) is 2.70. The summed E-state index contributed by atoms with van der Waals surface area (Å²) in [5.41, 5.74) is 0.565. The van der Waals surface area contributed by atoms with Crippen LogP contribution in [0, 0.1) is 11.3 Å². The highest BCUT2D eigenvalue weighted by molar-refractivity contribution is 7.13. The maximum atomic E-state index is 8.90. The van der Waals surface area contributed by atoms with E-state index in [2.05, 4.69) is 16.2 Å². The molecular weight excluding hydrogens is 238 g/mol. The van der Waals surface area contributed by atoms with E-state index in [0.717, 1.165) is 4.88 Å². The van der Waals surface area contributed by atoms with Gasteiger partial charge in [0.05, 0.1) is 12.2 Å². The maximum absolute atomic E-state index is 8.90. The van der Waals surface area contributed by atoms with Crippen LogP contribution >= 0.6 is 11.3 Å². The number of nitrogens with zero attached hydrogens (tertiary/aromatic N) is 3. The van der Waals surface area contributed by atoms with E-state index in [-0.39, 0.29) is 0 Å². The van der Waals surface area contributed by atoms with Crippen LogP contribution in [0.4, 0.5) is 0 Å². The van der Waals surface area contributed by atoms with Crippen LogP contribution in [-0.4, -0.2) is 23.4 Å². The number of thiophene rings is 1. The Kier molecular flexibility index (Phi) is 3.85. The molecule has 0 radical (unpaired) electrons. The molecule has 0 N–H and O–H groups in total. The second kappa shape index (κ2) is 5.57. The van der Waals surface area contributed by atoms with Crippen molar-refractivity contribution in [1.29, 1.82) is 5.26 Å². The Labute approximate surface area is 103 Å². The van der Waals surface area contributed by atoms with Crippen LogP contribution in [0.25, 0.3) is 10.8 Å². The Balaban J connectivity index is 2.11. The molecule has 0 atom stereocenters. The van der Waals surface area contributed by atoms with Crippen molar-refractivity contribution in [2.24, 2.45) is 0 Å². The molecule has 0 aliphatic rings. The summed E-state index contributed by atoms with van der Waals surface area (Å²) in [6, 6.07) is 3.83. The Morgan fingerprint density at radius 1 is 1.59 bits per heavy atom. The largest absolute Gasteiger partial charge is 0.381 e. The SMILES string of the molecule is CCOCCc1noc(-c2sccc2C#N)n1. The zero-order chi connectivity index (χ0) is 12.1. The number of rotatable bonds is 5. The van der Waals surface area contributed by atoms with Crippen molar-refractivity contribution in [2.75, 3.05) is 13.2 Å². The molecule has 17 heavy (non-hydrogen) atoms. The van der Waals surface area contributed by atoms with Gasteiger partial charge in [0.1, 0.15) is 10.9 Å². The Hall–Kier alpha value is -1.71. The van der Waals surface area contributed by atoms with Gasteiger partial charge in [-0.1, -0.05) is 5.16 Å². The van der Waals surface area contributed by atoms with Gasteiger partial charge in [0.25, 0.3) is 5.89 Å². The summed E-state index contributed by atoms with van der Waals surface area (Å²) in [4.78, 5) is 4.96. The first-order chi connectivity index (χ1) is 8.35. The summed E-state index contributed by atoms with van der Waals surface area (Å²) in [5.74, 6) is 1.01. The number of hydrogen-bond acceptors (Lipinski definition) is 6. The predicted molar refractivity (Wildman–Crippen MR) is 62.5 cm³/mol. The van der Waals surface area contributed by atoms with Crippen molar-refractivity contribution >= 4 is 11.3 Å².